The molecule has 0 amide bonds. The van der Waals surface area contributed by atoms with Crippen LogP contribution in [-0.4, -0.2) is 20.1 Å². The molecule has 1 saturated carbocycles. The molecule has 0 bridgehead atoms. The topological polar surface area (TPSA) is 15.3 Å². The molecular weight excluding hydrogens is 256 g/mol. The predicted octanol–water partition coefficient (Wildman–Crippen LogP) is 4.07. The second-order valence-electron chi connectivity index (χ2n) is 5.74. The third kappa shape index (κ3) is 3.43. The van der Waals surface area contributed by atoms with E-state index in [1.54, 1.807) is 0 Å². The summed E-state index contributed by atoms with van der Waals surface area (Å²) in [4.78, 5) is 2.45. The quantitative estimate of drug-likeness (QED) is 0.894. The molecule has 0 spiro atoms. The first-order chi connectivity index (χ1) is 9.13. The lowest BCUT2D eigenvalue weighted by Crippen LogP contribution is -2.39. The highest BCUT2D eigenvalue weighted by Gasteiger charge is 2.26. The Morgan fingerprint density at radius 1 is 1.32 bits per heavy atom. The van der Waals surface area contributed by atoms with Gasteiger partial charge in [-0.05, 0) is 43.5 Å². The molecule has 2 unspecified atom stereocenters. The Bertz CT molecular complexity index is 419. The minimum Gasteiger partial charge on any atom is -0.371 e. The SMILES string of the molecule is CNCc1ccc(Cl)cc1N(C)C1CCCCC1C. The zero-order chi connectivity index (χ0) is 13.8. The van der Waals surface area contributed by atoms with E-state index >= 15 is 0 Å². The number of hydrogen-bond donors (Lipinski definition) is 1. The van der Waals surface area contributed by atoms with E-state index in [2.05, 4.69) is 36.3 Å². The fourth-order valence-corrected chi connectivity index (χ4v) is 3.42. The molecule has 1 aliphatic rings. The Morgan fingerprint density at radius 2 is 2.05 bits per heavy atom. The zero-order valence-corrected chi connectivity index (χ0v) is 13.0. The van der Waals surface area contributed by atoms with Crippen LogP contribution in [0.5, 0.6) is 0 Å². The van der Waals surface area contributed by atoms with E-state index in [0.717, 1.165) is 17.5 Å². The van der Waals surface area contributed by atoms with Gasteiger partial charge in [-0.2, -0.15) is 0 Å². The van der Waals surface area contributed by atoms with E-state index in [1.807, 2.05) is 13.1 Å². The summed E-state index contributed by atoms with van der Waals surface area (Å²) >= 11 is 6.19. The predicted molar refractivity (Wildman–Crippen MR) is 84.0 cm³/mol. The number of halogens is 1. The minimum absolute atomic E-state index is 0.642. The molecule has 0 aromatic heterocycles. The van der Waals surface area contributed by atoms with Gasteiger partial charge in [-0.3, -0.25) is 0 Å². The highest BCUT2D eigenvalue weighted by Crippen LogP contribution is 2.33. The van der Waals surface area contributed by atoms with Crippen LogP contribution in [0.15, 0.2) is 18.2 Å². The van der Waals surface area contributed by atoms with E-state index in [0.29, 0.717) is 6.04 Å². The zero-order valence-electron chi connectivity index (χ0n) is 12.2. The third-order valence-electron chi connectivity index (χ3n) is 4.36. The largest absolute Gasteiger partial charge is 0.371 e. The molecule has 1 aromatic carbocycles. The van der Waals surface area contributed by atoms with Crippen molar-refractivity contribution in [3.05, 3.63) is 28.8 Å². The van der Waals surface area contributed by atoms with Crippen LogP contribution < -0.4 is 10.2 Å². The van der Waals surface area contributed by atoms with Gasteiger partial charge in [0.1, 0.15) is 0 Å². The van der Waals surface area contributed by atoms with Gasteiger partial charge in [0.2, 0.25) is 0 Å². The highest BCUT2D eigenvalue weighted by atomic mass is 35.5. The highest BCUT2D eigenvalue weighted by molar-refractivity contribution is 6.30. The Balaban J connectivity index is 2.25. The lowest BCUT2D eigenvalue weighted by molar-refractivity contribution is 0.321. The summed E-state index contributed by atoms with van der Waals surface area (Å²) in [7, 11) is 4.21. The summed E-state index contributed by atoms with van der Waals surface area (Å²) in [5.41, 5.74) is 2.60. The first-order valence-corrected chi connectivity index (χ1v) is 7.67. The molecule has 1 N–H and O–H groups in total. The first-order valence-electron chi connectivity index (χ1n) is 7.29. The summed E-state index contributed by atoms with van der Waals surface area (Å²) < 4.78 is 0. The van der Waals surface area contributed by atoms with Gasteiger partial charge >= 0.3 is 0 Å². The van der Waals surface area contributed by atoms with Crippen molar-refractivity contribution in [3.8, 4) is 0 Å². The maximum absolute atomic E-state index is 6.19. The summed E-state index contributed by atoms with van der Waals surface area (Å²) in [6.45, 7) is 3.26. The van der Waals surface area contributed by atoms with Crippen LogP contribution >= 0.6 is 11.6 Å². The number of nitrogens with zero attached hydrogens (tertiary/aromatic N) is 1. The van der Waals surface area contributed by atoms with Gasteiger partial charge in [0, 0.05) is 30.3 Å². The van der Waals surface area contributed by atoms with Crippen LogP contribution in [0, 0.1) is 5.92 Å². The van der Waals surface area contributed by atoms with Gasteiger partial charge < -0.3 is 10.2 Å². The average molecular weight is 281 g/mol. The third-order valence-corrected chi connectivity index (χ3v) is 4.59. The maximum atomic E-state index is 6.19. The Kier molecular flexibility index (Phi) is 5.12. The number of anilines is 1. The fraction of sp³-hybridized carbons (Fsp3) is 0.625. The molecule has 19 heavy (non-hydrogen) atoms. The van der Waals surface area contributed by atoms with Gasteiger partial charge in [0.25, 0.3) is 0 Å². The van der Waals surface area contributed by atoms with E-state index < -0.39 is 0 Å². The number of benzene rings is 1. The molecule has 3 heteroatoms. The number of nitrogens with one attached hydrogen (secondary N) is 1. The average Bonchev–Trinajstić information content (AvgIpc) is 2.41. The van der Waals surface area contributed by atoms with Crippen LogP contribution in [0.1, 0.15) is 38.2 Å². The molecule has 0 heterocycles. The van der Waals surface area contributed by atoms with Crippen molar-refractivity contribution < 1.29 is 0 Å². The first kappa shape index (κ1) is 14.7. The Labute approximate surface area is 122 Å². The molecule has 2 nitrogen and oxygen atoms in total. The van der Waals surface area contributed by atoms with Crippen molar-refractivity contribution in [2.75, 3.05) is 19.0 Å². The normalized spacial score (nSPS) is 23.4. The molecule has 2 rings (SSSR count). The second-order valence-corrected chi connectivity index (χ2v) is 6.18. The standard InChI is InChI=1S/C16H25ClN2/c1-12-6-4-5-7-15(12)19(3)16-10-14(17)9-8-13(16)11-18-2/h8-10,12,15,18H,4-7,11H2,1-3H3. The van der Waals surface area contributed by atoms with Crippen LogP contribution in [0.4, 0.5) is 5.69 Å². The molecule has 106 valence electrons. The van der Waals surface area contributed by atoms with E-state index in [-0.39, 0.29) is 0 Å². The van der Waals surface area contributed by atoms with Crippen molar-refractivity contribution in [3.63, 3.8) is 0 Å². The van der Waals surface area contributed by atoms with E-state index in [9.17, 15) is 0 Å². The van der Waals surface area contributed by atoms with Crippen molar-refractivity contribution >= 4 is 17.3 Å². The van der Waals surface area contributed by atoms with Crippen LogP contribution in [0.2, 0.25) is 5.02 Å². The summed E-state index contributed by atoms with van der Waals surface area (Å²) in [6.07, 6.45) is 5.37. The van der Waals surface area contributed by atoms with Crippen LogP contribution in [0.25, 0.3) is 0 Å². The van der Waals surface area contributed by atoms with Crippen molar-refractivity contribution in [1.82, 2.24) is 5.32 Å². The minimum atomic E-state index is 0.642. The van der Waals surface area contributed by atoms with Crippen molar-refractivity contribution in [1.29, 1.82) is 0 Å². The number of rotatable bonds is 4. The molecule has 1 aromatic rings. The van der Waals surface area contributed by atoms with Crippen LogP contribution in [0.3, 0.4) is 0 Å². The van der Waals surface area contributed by atoms with Gasteiger partial charge in [-0.1, -0.05) is 37.4 Å². The second kappa shape index (κ2) is 6.62. The molecule has 1 aliphatic carbocycles. The lowest BCUT2D eigenvalue weighted by Gasteiger charge is -2.38. The fourth-order valence-electron chi connectivity index (χ4n) is 3.26. The van der Waals surface area contributed by atoms with Gasteiger partial charge in [-0.15, -0.1) is 0 Å². The lowest BCUT2D eigenvalue weighted by atomic mass is 9.84. The number of hydrogen-bond acceptors (Lipinski definition) is 2. The summed E-state index contributed by atoms with van der Waals surface area (Å²) in [6, 6.07) is 6.87. The van der Waals surface area contributed by atoms with Crippen molar-refractivity contribution in [2.24, 2.45) is 5.92 Å². The molecule has 2 atom stereocenters. The Morgan fingerprint density at radius 3 is 2.74 bits per heavy atom. The molecule has 0 saturated heterocycles. The van der Waals surface area contributed by atoms with E-state index in [4.69, 9.17) is 11.6 Å². The molecule has 0 aliphatic heterocycles. The molecule has 0 radical (unpaired) electrons. The van der Waals surface area contributed by atoms with Gasteiger partial charge in [0.15, 0.2) is 0 Å². The summed E-state index contributed by atoms with van der Waals surface area (Å²) in [5, 5.41) is 4.07. The van der Waals surface area contributed by atoms with Crippen molar-refractivity contribution in [2.45, 2.75) is 45.2 Å². The van der Waals surface area contributed by atoms with Gasteiger partial charge in [-0.25, -0.2) is 0 Å². The van der Waals surface area contributed by atoms with Crippen LogP contribution in [-0.2, 0) is 6.54 Å². The monoisotopic (exact) mass is 280 g/mol. The maximum Gasteiger partial charge on any atom is 0.0426 e. The van der Waals surface area contributed by atoms with Gasteiger partial charge in [0.05, 0.1) is 0 Å². The molecular formula is C16H25ClN2. The van der Waals surface area contributed by atoms with E-state index in [1.165, 1.54) is 36.9 Å². The summed E-state index contributed by atoms with van der Waals surface area (Å²) in [5.74, 6) is 0.764. The Hall–Kier alpha value is -0.730. The smallest absolute Gasteiger partial charge is 0.0426 e. The molecule has 1 fully saturated rings.